The molecule has 0 unspecified atom stereocenters. The molecule has 0 aromatic carbocycles. The first kappa shape index (κ1) is 14.4. The Morgan fingerprint density at radius 3 is 2.77 bits per heavy atom. The third-order valence-electron chi connectivity index (χ3n) is 5.23. The highest BCUT2D eigenvalue weighted by atomic mass is 32.2. The van der Waals surface area contributed by atoms with E-state index in [0.717, 1.165) is 43.4 Å². The molecule has 0 spiro atoms. The van der Waals surface area contributed by atoms with Crippen molar-refractivity contribution < 1.29 is 8.42 Å². The van der Waals surface area contributed by atoms with E-state index >= 15 is 0 Å². The van der Waals surface area contributed by atoms with Gasteiger partial charge in [-0.25, -0.2) is 18.4 Å². The van der Waals surface area contributed by atoms with Crippen LogP contribution in [0.2, 0.25) is 0 Å². The molecular weight excluding hydrogens is 300 g/mol. The van der Waals surface area contributed by atoms with Crippen molar-refractivity contribution >= 4 is 15.8 Å². The van der Waals surface area contributed by atoms with Crippen LogP contribution in [0.1, 0.15) is 36.9 Å². The number of likely N-dealkylation sites (N-methyl/N-ethyl adjacent to an activating group) is 1. The predicted molar refractivity (Wildman–Crippen MR) is 84.7 cm³/mol. The molecule has 2 saturated heterocycles. The Bertz CT molecular complexity index is 685. The van der Waals surface area contributed by atoms with Gasteiger partial charge in [0, 0.05) is 43.9 Å². The number of likely N-dealkylation sites (tertiary alicyclic amines) is 1. The van der Waals surface area contributed by atoms with E-state index < -0.39 is 9.84 Å². The summed E-state index contributed by atoms with van der Waals surface area (Å²) in [7, 11) is -3.08. The highest BCUT2D eigenvalue weighted by Crippen LogP contribution is 2.39. The fraction of sp³-hybridized carbons (Fsp3) is 0.733. The van der Waals surface area contributed by atoms with Crippen LogP contribution in [-0.4, -0.2) is 61.3 Å². The molecule has 0 radical (unpaired) electrons. The van der Waals surface area contributed by atoms with Gasteiger partial charge in [0.15, 0.2) is 9.84 Å². The molecule has 0 bridgehead atoms. The molecule has 3 aliphatic heterocycles. The Kier molecular flexibility index (Phi) is 3.38. The number of hydrogen-bond acceptors (Lipinski definition) is 6. The lowest BCUT2D eigenvalue weighted by Gasteiger charge is -2.27. The molecule has 0 saturated carbocycles. The summed E-state index contributed by atoms with van der Waals surface area (Å²) in [4.78, 5) is 13.7. The number of nitrogens with zero attached hydrogens (tertiary/aromatic N) is 4. The van der Waals surface area contributed by atoms with Gasteiger partial charge in [-0.3, -0.25) is 0 Å². The second-order valence-electron chi connectivity index (χ2n) is 6.58. The van der Waals surface area contributed by atoms with Gasteiger partial charge in [-0.2, -0.15) is 0 Å². The third kappa shape index (κ3) is 2.22. The minimum atomic E-state index is -3.08. The standard InChI is InChI=1S/C15H22N4O2S/c1-2-18-8-12-13(9-18)22(20,21)10-11-7-16-15(17-14(11)12)19-5-3-4-6-19/h7,12-13H,2-6,8-10H2,1H3/t12-,13+/m1/s1. The van der Waals surface area contributed by atoms with Crippen molar-refractivity contribution in [3.8, 4) is 0 Å². The summed E-state index contributed by atoms with van der Waals surface area (Å²) < 4.78 is 25.1. The first-order chi connectivity index (χ1) is 10.6. The average molecular weight is 322 g/mol. The Hall–Kier alpha value is -1.21. The number of anilines is 1. The Balaban J connectivity index is 1.75. The number of fused-ring (bicyclic) bond motifs is 3. The largest absolute Gasteiger partial charge is 0.341 e. The summed E-state index contributed by atoms with van der Waals surface area (Å²) in [6.07, 6.45) is 4.12. The van der Waals surface area contributed by atoms with Gasteiger partial charge in [-0.15, -0.1) is 0 Å². The minimum absolute atomic E-state index is 0.0121. The molecular formula is C15H22N4O2S. The van der Waals surface area contributed by atoms with Crippen LogP contribution < -0.4 is 4.90 Å². The van der Waals surface area contributed by atoms with Gasteiger partial charge >= 0.3 is 0 Å². The summed E-state index contributed by atoms with van der Waals surface area (Å²) in [6, 6.07) is 0. The van der Waals surface area contributed by atoms with Gasteiger partial charge < -0.3 is 9.80 Å². The SMILES string of the molecule is CCN1C[C@H]2c3nc(N4CCCC4)ncc3CS(=O)(=O)[C@H]2C1. The van der Waals surface area contributed by atoms with Gasteiger partial charge in [0.1, 0.15) is 0 Å². The smallest absolute Gasteiger partial charge is 0.225 e. The highest BCUT2D eigenvalue weighted by Gasteiger charge is 2.47. The summed E-state index contributed by atoms with van der Waals surface area (Å²) in [5.74, 6) is 0.892. The van der Waals surface area contributed by atoms with E-state index in [1.807, 2.05) is 0 Å². The van der Waals surface area contributed by atoms with E-state index in [-0.39, 0.29) is 16.9 Å². The van der Waals surface area contributed by atoms with E-state index in [4.69, 9.17) is 4.98 Å². The third-order valence-corrected chi connectivity index (χ3v) is 7.35. The zero-order valence-corrected chi connectivity index (χ0v) is 13.7. The van der Waals surface area contributed by atoms with E-state index in [0.29, 0.717) is 6.54 Å². The Morgan fingerprint density at radius 2 is 2.05 bits per heavy atom. The van der Waals surface area contributed by atoms with Gasteiger partial charge in [-0.05, 0) is 19.4 Å². The quantitative estimate of drug-likeness (QED) is 0.802. The van der Waals surface area contributed by atoms with Crippen molar-refractivity contribution in [2.24, 2.45) is 0 Å². The Morgan fingerprint density at radius 1 is 1.27 bits per heavy atom. The average Bonchev–Trinajstić information content (AvgIpc) is 3.16. The topological polar surface area (TPSA) is 66.4 Å². The number of aromatic nitrogens is 2. The lowest BCUT2D eigenvalue weighted by molar-refractivity contribution is 0.353. The van der Waals surface area contributed by atoms with Crippen molar-refractivity contribution in [2.75, 3.05) is 37.6 Å². The molecule has 4 rings (SSSR count). The molecule has 0 amide bonds. The van der Waals surface area contributed by atoms with Crippen LogP contribution in [0.25, 0.3) is 0 Å². The highest BCUT2D eigenvalue weighted by molar-refractivity contribution is 7.91. The van der Waals surface area contributed by atoms with Crippen LogP contribution in [0.3, 0.4) is 0 Å². The summed E-state index contributed by atoms with van der Waals surface area (Å²) >= 11 is 0. The molecule has 3 aliphatic rings. The maximum absolute atomic E-state index is 12.5. The van der Waals surface area contributed by atoms with Crippen molar-refractivity contribution in [1.82, 2.24) is 14.9 Å². The second kappa shape index (κ2) is 5.16. The summed E-state index contributed by atoms with van der Waals surface area (Å²) in [5, 5.41) is -0.290. The van der Waals surface area contributed by atoms with E-state index in [1.54, 1.807) is 6.20 Å². The van der Waals surface area contributed by atoms with Crippen LogP contribution >= 0.6 is 0 Å². The fourth-order valence-corrected chi connectivity index (χ4v) is 6.00. The predicted octanol–water partition coefficient (Wildman–Crippen LogP) is 0.793. The molecule has 4 heterocycles. The minimum Gasteiger partial charge on any atom is -0.341 e. The maximum atomic E-state index is 12.5. The van der Waals surface area contributed by atoms with E-state index in [9.17, 15) is 8.42 Å². The first-order valence-electron chi connectivity index (χ1n) is 8.13. The van der Waals surface area contributed by atoms with Gasteiger partial charge in [0.05, 0.1) is 16.7 Å². The van der Waals surface area contributed by atoms with Gasteiger partial charge in [-0.1, -0.05) is 6.92 Å². The molecule has 2 atom stereocenters. The zero-order valence-electron chi connectivity index (χ0n) is 12.9. The molecule has 0 aliphatic carbocycles. The molecule has 1 aromatic rings. The summed E-state index contributed by atoms with van der Waals surface area (Å²) in [6.45, 7) is 6.43. The molecule has 22 heavy (non-hydrogen) atoms. The number of sulfone groups is 1. The van der Waals surface area contributed by atoms with Crippen LogP contribution in [-0.2, 0) is 15.6 Å². The van der Waals surface area contributed by atoms with Gasteiger partial charge in [0.25, 0.3) is 0 Å². The van der Waals surface area contributed by atoms with Crippen LogP contribution in [0, 0.1) is 0 Å². The number of hydrogen-bond donors (Lipinski definition) is 0. The molecule has 2 fully saturated rings. The fourth-order valence-electron chi connectivity index (χ4n) is 3.97. The second-order valence-corrected chi connectivity index (χ2v) is 8.80. The molecule has 0 N–H and O–H groups in total. The lowest BCUT2D eigenvalue weighted by Crippen LogP contribution is -2.35. The molecule has 1 aromatic heterocycles. The lowest BCUT2D eigenvalue weighted by atomic mass is 10.00. The molecule has 120 valence electrons. The summed E-state index contributed by atoms with van der Waals surface area (Å²) in [5.41, 5.74) is 1.79. The monoisotopic (exact) mass is 322 g/mol. The van der Waals surface area contributed by atoms with Crippen molar-refractivity contribution in [1.29, 1.82) is 0 Å². The molecule has 7 heteroatoms. The van der Waals surface area contributed by atoms with E-state index in [1.165, 1.54) is 12.8 Å². The van der Waals surface area contributed by atoms with Gasteiger partial charge in [0.2, 0.25) is 5.95 Å². The Labute approximate surface area is 131 Å². The normalized spacial score (nSPS) is 30.3. The van der Waals surface area contributed by atoms with Crippen LogP contribution in [0.4, 0.5) is 5.95 Å². The zero-order chi connectivity index (χ0) is 15.3. The van der Waals surface area contributed by atoms with E-state index in [2.05, 4.69) is 21.7 Å². The maximum Gasteiger partial charge on any atom is 0.225 e. The number of rotatable bonds is 2. The van der Waals surface area contributed by atoms with Crippen molar-refractivity contribution in [2.45, 2.75) is 36.7 Å². The molecule has 6 nitrogen and oxygen atoms in total. The first-order valence-corrected chi connectivity index (χ1v) is 9.84. The van der Waals surface area contributed by atoms with Crippen molar-refractivity contribution in [3.63, 3.8) is 0 Å². The van der Waals surface area contributed by atoms with Crippen molar-refractivity contribution in [3.05, 3.63) is 17.5 Å². The van der Waals surface area contributed by atoms with Crippen LogP contribution in [0.5, 0.6) is 0 Å². The van der Waals surface area contributed by atoms with Crippen LogP contribution in [0.15, 0.2) is 6.20 Å².